The van der Waals surface area contributed by atoms with Gasteiger partial charge in [-0.15, -0.1) is 0 Å². The van der Waals surface area contributed by atoms with Crippen LogP contribution < -0.4 is 4.74 Å². The first-order valence-electron chi connectivity index (χ1n) is 10.1. The number of fused-ring (bicyclic) bond motifs is 1. The standard InChI is InChI=1S/C24H17FN6O2/c1-32-23-17(4-2-10-27-23)20-12-18-22(28-14-29-24(18)33-20)19-13-31(11-3-9-26)30-21(19)15-5-7-16(25)8-6-15/h2,4-8,10,12-14H,3,11H2,1H3. The predicted octanol–water partition coefficient (Wildman–Crippen LogP) is 4.88. The van der Waals surface area contributed by atoms with Gasteiger partial charge in [-0.1, -0.05) is 0 Å². The van der Waals surface area contributed by atoms with Crippen LogP contribution in [-0.2, 0) is 6.54 Å². The molecule has 0 N–H and O–H groups in total. The summed E-state index contributed by atoms with van der Waals surface area (Å²) in [7, 11) is 1.55. The van der Waals surface area contributed by atoms with E-state index in [2.05, 4.69) is 26.1 Å². The molecule has 0 saturated carbocycles. The van der Waals surface area contributed by atoms with E-state index in [9.17, 15) is 4.39 Å². The second kappa shape index (κ2) is 8.51. The average Bonchev–Trinajstić information content (AvgIpc) is 3.47. The average molecular weight is 440 g/mol. The normalized spacial score (nSPS) is 10.9. The summed E-state index contributed by atoms with van der Waals surface area (Å²) in [6, 6.07) is 13.7. The molecule has 5 rings (SSSR count). The van der Waals surface area contributed by atoms with Crippen molar-refractivity contribution in [1.29, 1.82) is 5.26 Å². The van der Waals surface area contributed by atoms with Crippen molar-refractivity contribution in [3.63, 3.8) is 0 Å². The maximum atomic E-state index is 13.5. The minimum Gasteiger partial charge on any atom is -0.480 e. The highest BCUT2D eigenvalue weighted by Crippen LogP contribution is 2.38. The van der Waals surface area contributed by atoms with Crippen LogP contribution in [0.4, 0.5) is 4.39 Å². The van der Waals surface area contributed by atoms with Crippen LogP contribution in [0.2, 0.25) is 0 Å². The van der Waals surface area contributed by atoms with Crippen LogP contribution in [-0.4, -0.2) is 31.8 Å². The van der Waals surface area contributed by atoms with Crippen molar-refractivity contribution < 1.29 is 13.5 Å². The fraction of sp³-hybridized carbons (Fsp3) is 0.125. The van der Waals surface area contributed by atoms with E-state index in [1.165, 1.54) is 18.5 Å². The number of rotatable bonds is 6. The summed E-state index contributed by atoms with van der Waals surface area (Å²) in [5.41, 5.74) is 3.77. The molecule has 0 atom stereocenters. The zero-order valence-corrected chi connectivity index (χ0v) is 17.6. The number of hydrogen-bond acceptors (Lipinski definition) is 7. The number of nitriles is 1. The van der Waals surface area contributed by atoms with Crippen molar-refractivity contribution in [3.8, 4) is 45.8 Å². The number of aromatic nitrogens is 5. The highest BCUT2D eigenvalue weighted by atomic mass is 19.1. The zero-order valence-electron chi connectivity index (χ0n) is 17.6. The van der Waals surface area contributed by atoms with Gasteiger partial charge in [-0.05, 0) is 42.5 Å². The van der Waals surface area contributed by atoms with Gasteiger partial charge in [0.15, 0.2) is 0 Å². The highest BCUT2D eigenvalue weighted by molar-refractivity contribution is 5.96. The van der Waals surface area contributed by atoms with E-state index < -0.39 is 0 Å². The molecular formula is C24H17FN6O2. The van der Waals surface area contributed by atoms with E-state index in [-0.39, 0.29) is 5.82 Å². The van der Waals surface area contributed by atoms with Gasteiger partial charge in [0.25, 0.3) is 0 Å². The molecule has 33 heavy (non-hydrogen) atoms. The molecule has 1 aromatic carbocycles. The summed E-state index contributed by atoms with van der Waals surface area (Å²) >= 11 is 0. The quantitative estimate of drug-likeness (QED) is 0.371. The van der Waals surface area contributed by atoms with E-state index in [1.54, 1.807) is 36.2 Å². The van der Waals surface area contributed by atoms with E-state index in [1.807, 2.05) is 18.3 Å². The van der Waals surface area contributed by atoms with Crippen molar-refractivity contribution in [2.75, 3.05) is 7.11 Å². The van der Waals surface area contributed by atoms with E-state index in [0.717, 1.165) is 11.1 Å². The number of aryl methyl sites for hydroxylation is 1. The number of halogens is 1. The lowest BCUT2D eigenvalue weighted by atomic mass is 10.0. The Labute approximate surface area is 187 Å². The Balaban J connectivity index is 1.69. The second-order valence-electron chi connectivity index (χ2n) is 7.18. The third kappa shape index (κ3) is 3.78. The molecule has 0 bridgehead atoms. The van der Waals surface area contributed by atoms with Gasteiger partial charge >= 0.3 is 0 Å². The Bertz CT molecular complexity index is 1480. The Kier molecular flexibility index (Phi) is 5.24. The molecule has 0 saturated heterocycles. The molecule has 9 heteroatoms. The Morgan fingerprint density at radius 3 is 2.73 bits per heavy atom. The monoisotopic (exact) mass is 440 g/mol. The molecule has 4 heterocycles. The first-order valence-corrected chi connectivity index (χ1v) is 10.1. The van der Waals surface area contributed by atoms with Crippen LogP contribution in [0.25, 0.3) is 44.9 Å². The van der Waals surface area contributed by atoms with Gasteiger partial charge in [0.1, 0.15) is 23.6 Å². The third-order valence-electron chi connectivity index (χ3n) is 5.15. The smallest absolute Gasteiger partial charge is 0.230 e. The molecular weight excluding hydrogens is 423 g/mol. The number of pyridine rings is 1. The van der Waals surface area contributed by atoms with Crippen LogP contribution in [0.15, 0.2) is 65.6 Å². The maximum absolute atomic E-state index is 13.5. The first kappa shape index (κ1) is 20.3. The fourth-order valence-electron chi connectivity index (χ4n) is 3.64. The number of methoxy groups -OCH3 is 1. The zero-order chi connectivity index (χ0) is 22.8. The Hall–Kier alpha value is -4.58. The maximum Gasteiger partial charge on any atom is 0.230 e. The minimum absolute atomic E-state index is 0.305. The molecule has 0 aliphatic heterocycles. The van der Waals surface area contributed by atoms with Crippen LogP contribution in [0.5, 0.6) is 5.88 Å². The summed E-state index contributed by atoms with van der Waals surface area (Å²) in [6.07, 6.45) is 5.20. The van der Waals surface area contributed by atoms with Crippen LogP contribution in [0, 0.1) is 17.1 Å². The number of ether oxygens (including phenoxy) is 1. The summed E-state index contributed by atoms with van der Waals surface area (Å²) in [4.78, 5) is 13.0. The summed E-state index contributed by atoms with van der Waals surface area (Å²) < 4.78 is 26.6. The van der Waals surface area contributed by atoms with Gasteiger partial charge in [0, 0.05) is 23.5 Å². The van der Waals surface area contributed by atoms with Gasteiger partial charge in [-0.3, -0.25) is 4.68 Å². The molecule has 0 fully saturated rings. The van der Waals surface area contributed by atoms with Crippen molar-refractivity contribution in [2.45, 2.75) is 13.0 Å². The molecule has 0 radical (unpaired) electrons. The van der Waals surface area contributed by atoms with Gasteiger partial charge in [-0.2, -0.15) is 10.4 Å². The predicted molar refractivity (Wildman–Crippen MR) is 118 cm³/mol. The van der Waals surface area contributed by atoms with E-state index >= 15 is 0 Å². The van der Waals surface area contributed by atoms with E-state index in [4.69, 9.17) is 14.4 Å². The van der Waals surface area contributed by atoms with Crippen molar-refractivity contribution >= 4 is 11.1 Å². The summed E-state index contributed by atoms with van der Waals surface area (Å²) in [5.74, 6) is 0.637. The molecule has 0 spiro atoms. The fourth-order valence-corrected chi connectivity index (χ4v) is 3.64. The lowest BCUT2D eigenvalue weighted by Gasteiger charge is -2.03. The summed E-state index contributed by atoms with van der Waals surface area (Å²) in [5, 5.41) is 14.3. The molecule has 4 aromatic heterocycles. The van der Waals surface area contributed by atoms with Crippen molar-refractivity contribution in [2.24, 2.45) is 0 Å². The van der Waals surface area contributed by atoms with Gasteiger partial charge in [-0.25, -0.2) is 19.3 Å². The van der Waals surface area contributed by atoms with E-state index in [0.29, 0.717) is 52.7 Å². The molecule has 0 aliphatic carbocycles. The molecule has 8 nitrogen and oxygen atoms in total. The topological polar surface area (TPSA) is 103 Å². The van der Waals surface area contributed by atoms with Crippen LogP contribution in [0.3, 0.4) is 0 Å². The molecule has 0 unspecified atom stereocenters. The number of nitrogens with zero attached hydrogens (tertiary/aromatic N) is 6. The van der Waals surface area contributed by atoms with Crippen molar-refractivity contribution in [3.05, 3.63) is 67.0 Å². The van der Waals surface area contributed by atoms with Gasteiger partial charge in [0.05, 0.1) is 42.8 Å². The summed E-state index contributed by atoms with van der Waals surface area (Å²) in [6.45, 7) is 0.419. The van der Waals surface area contributed by atoms with Gasteiger partial charge in [0.2, 0.25) is 11.6 Å². The molecule has 5 aromatic rings. The first-order chi connectivity index (χ1) is 16.2. The van der Waals surface area contributed by atoms with Crippen LogP contribution >= 0.6 is 0 Å². The van der Waals surface area contributed by atoms with Crippen molar-refractivity contribution in [1.82, 2.24) is 24.7 Å². The molecule has 162 valence electrons. The lowest BCUT2D eigenvalue weighted by Crippen LogP contribution is -1.97. The lowest BCUT2D eigenvalue weighted by molar-refractivity contribution is 0.398. The minimum atomic E-state index is -0.335. The number of furan rings is 1. The highest BCUT2D eigenvalue weighted by Gasteiger charge is 2.21. The molecule has 0 amide bonds. The second-order valence-corrected chi connectivity index (χ2v) is 7.18. The largest absolute Gasteiger partial charge is 0.480 e. The number of benzene rings is 1. The molecule has 0 aliphatic rings. The third-order valence-corrected chi connectivity index (χ3v) is 5.15. The van der Waals surface area contributed by atoms with Gasteiger partial charge < -0.3 is 9.15 Å². The Morgan fingerprint density at radius 1 is 1.09 bits per heavy atom. The number of hydrogen-bond donors (Lipinski definition) is 0. The Morgan fingerprint density at radius 2 is 1.94 bits per heavy atom. The van der Waals surface area contributed by atoms with Crippen LogP contribution in [0.1, 0.15) is 6.42 Å². The SMILES string of the molecule is COc1ncccc1-c1cc2c(-c3cn(CCC#N)nc3-c3ccc(F)cc3)ncnc2o1.